The van der Waals surface area contributed by atoms with Gasteiger partial charge in [-0.25, -0.2) is 4.98 Å². The maximum atomic E-state index is 12.1. The minimum Gasteiger partial charge on any atom is -0.490 e. The standard InChI is InChI=1S/C24H25N3O5/c1-13(2)32-21-10-19-18(9-20(21)23(25)30)15(4-3-14-7-17(28)8-14)11-26-24(19)31-12-16-5-6-22(29)27-16/h9-11,13-14,16H,5-8,12H2,1-2H3,(H2,25,30)(H,27,29)/t16-/m0/s1. The number of aromatic nitrogens is 1. The molecule has 2 fully saturated rings. The van der Waals surface area contributed by atoms with Gasteiger partial charge in [0.2, 0.25) is 11.8 Å². The summed E-state index contributed by atoms with van der Waals surface area (Å²) in [6, 6.07) is 3.27. The fourth-order valence-electron chi connectivity index (χ4n) is 3.75. The molecule has 1 saturated carbocycles. The van der Waals surface area contributed by atoms with E-state index in [2.05, 4.69) is 22.1 Å². The third-order valence-electron chi connectivity index (χ3n) is 5.44. The van der Waals surface area contributed by atoms with Crippen LogP contribution in [0.2, 0.25) is 0 Å². The van der Waals surface area contributed by atoms with Crippen LogP contribution in [-0.4, -0.2) is 41.3 Å². The van der Waals surface area contributed by atoms with E-state index in [4.69, 9.17) is 15.2 Å². The quantitative estimate of drug-likeness (QED) is 0.671. The molecular formula is C24H25N3O5. The van der Waals surface area contributed by atoms with Crippen LogP contribution < -0.4 is 20.5 Å². The summed E-state index contributed by atoms with van der Waals surface area (Å²) in [7, 11) is 0. The van der Waals surface area contributed by atoms with E-state index in [0.29, 0.717) is 53.6 Å². The molecule has 1 aromatic carbocycles. The number of hydrogen-bond acceptors (Lipinski definition) is 6. The molecule has 0 bridgehead atoms. The van der Waals surface area contributed by atoms with Crippen molar-refractivity contribution in [2.45, 2.75) is 51.7 Å². The number of ketones is 1. The van der Waals surface area contributed by atoms with Gasteiger partial charge in [-0.2, -0.15) is 0 Å². The number of fused-ring (bicyclic) bond motifs is 1. The lowest BCUT2D eigenvalue weighted by molar-refractivity contribution is -0.125. The van der Waals surface area contributed by atoms with Crippen LogP contribution in [0.1, 0.15) is 55.5 Å². The first-order valence-electron chi connectivity index (χ1n) is 10.7. The summed E-state index contributed by atoms with van der Waals surface area (Å²) >= 11 is 0. The van der Waals surface area contributed by atoms with E-state index in [0.717, 1.165) is 0 Å². The number of nitrogens with one attached hydrogen (secondary N) is 1. The Kier molecular flexibility index (Phi) is 5.99. The molecular weight excluding hydrogens is 410 g/mol. The number of Topliss-reactive ketones (excluding diaryl/α,β-unsaturated/α-hetero) is 1. The molecule has 32 heavy (non-hydrogen) atoms. The number of nitrogens with two attached hydrogens (primary N) is 1. The van der Waals surface area contributed by atoms with Gasteiger partial charge in [-0.3, -0.25) is 14.4 Å². The summed E-state index contributed by atoms with van der Waals surface area (Å²) in [5.74, 6) is 6.55. The predicted molar refractivity (Wildman–Crippen MR) is 117 cm³/mol. The lowest BCUT2D eigenvalue weighted by atomic mass is 9.84. The molecule has 8 heteroatoms. The Morgan fingerprint density at radius 1 is 1.28 bits per heavy atom. The molecule has 3 N–H and O–H groups in total. The van der Waals surface area contributed by atoms with E-state index in [1.807, 2.05) is 13.8 Å². The molecule has 8 nitrogen and oxygen atoms in total. The van der Waals surface area contributed by atoms with Crippen LogP contribution >= 0.6 is 0 Å². The smallest absolute Gasteiger partial charge is 0.252 e. The minimum atomic E-state index is -0.612. The highest BCUT2D eigenvalue weighted by Gasteiger charge is 2.25. The van der Waals surface area contributed by atoms with Crippen LogP contribution in [0.3, 0.4) is 0 Å². The van der Waals surface area contributed by atoms with E-state index in [1.165, 1.54) is 0 Å². The van der Waals surface area contributed by atoms with Crippen molar-refractivity contribution in [1.29, 1.82) is 0 Å². The summed E-state index contributed by atoms with van der Waals surface area (Å²) in [5, 5.41) is 4.16. The van der Waals surface area contributed by atoms with Crippen LogP contribution in [0.25, 0.3) is 10.8 Å². The zero-order valence-electron chi connectivity index (χ0n) is 18.1. The average Bonchev–Trinajstić information content (AvgIpc) is 3.13. The molecule has 0 radical (unpaired) electrons. The number of carbonyl (C=O) groups excluding carboxylic acids is 3. The first-order valence-corrected chi connectivity index (χ1v) is 10.7. The lowest BCUT2D eigenvalue weighted by Crippen LogP contribution is -2.31. The third kappa shape index (κ3) is 4.67. The fourth-order valence-corrected chi connectivity index (χ4v) is 3.75. The Morgan fingerprint density at radius 3 is 2.69 bits per heavy atom. The summed E-state index contributed by atoms with van der Waals surface area (Å²) in [6.07, 6.45) is 3.53. The van der Waals surface area contributed by atoms with Crippen LogP contribution in [-0.2, 0) is 9.59 Å². The Bertz CT molecular complexity index is 1150. The number of hydrogen-bond donors (Lipinski definition) is 2. The second-order valence-corrected chi connectivity index (χ2v) is 8.43. The largest absolute Gasteiger partial charge is 0.490 e. The van der Waals surface area contributed by atoms with Crippen LogP contribution in [0.4, 0.5) is 0 Å². The number of pyridine rings is 1. The second kappa shape index (κ2) is 8.87. The van der Waals surface area contributed by atoms with E-state index in [1.54, 1.807) is 18.3 Å². The van der Waals surface area contributed by atoms with E-state index in [-0.39, 0.29) is 41.9 Å². The van der Waals surface area contributed by atoms with E-state index >= 15 is 0 Å². The highest BCUT2D eigenvalue weighted by molar-refractivity contribution is 6.03. The van der Waals surface area contributed by atoms with Crippen molar-refractivity contribution in [3.05, 3.63) is 29.5 Å². The molecule has 1 atom stereocenters. The SMILES string of the molecule is CC(C)Oc1cc2c(OC[C@@H]3CCC(=O)N3)ncc(C#CC3CC(=O)C3)c2cc1C(N)=O. The predicted octanol–water partition coefficient (Wildman–Crippen LogP) is 2.11. The van der Waals surface area contributed by atoms with Crippen molar-refractivity contribution >= 4 is 28.4 Å². The molecule has 1 aliphatic carbocycles. The maximum Gasteiger partial charge on any atom is 0.252 e. The van der Waals surface area contributed by atoms with Gasteiger partial charge in [0.25, 0.3) is 5.91 Å². The monoisotopic (exact) mass is 435 g/mol. The van der Waals surface area contributed by atoms with Gasteiger partial charge >= 0.3 is 0 Å². The van der Waals surface area contributed by atoms with Crippen LogP contribution in [0, 0.1) is 17.8 Å². The number of benzene rings is 1. The highest BCUT2D eigenvalue weighted by atomic mass is 16.5. The van der Waals surface area contributed by atoms with Crippen molar-refractivity contribution in [1.82, 2.24) is 10.3 Å². The Morgan fingerprint density at radius 2 is 2.06 bits per heavy atom. The van der Waals surface area contributed by atoms with Crippen LogP contribution in [0.15, 0.2) is 18.3 Å². The van der Waals surface area contributed by atoms with Gasteiger partial charge in [-0.05, 0) is 32.4 Å². The van der Waals surface area contributed by atoms with Gasteiger partial charge in [0, 0.05) is 42.1 Å². The summed E-state index contributed by atoms with van der Waals surface area (Å²) in [6.45, 7) is 3.99. The maximum absolute atomic E-state index is 12.1. The van der Waals surface area contributed by atoms with Gasteiger partial charge in [0.1, 0.15) is 18.1 Å². The lowest BCUT2D eigenvalue weighted by Gasteiger charge is -2.18. The van der Waals surface area contributed by atoms with Crippen molar-refractivity contribution in [2.24, 2.45) is 11.7 Å². The molecule has 1 saturated heterocycles. The van der Waals surface area contributed by atoms with Gasteiger partial charge in [-0.15, -0.1) is 0 Å². The van der Waals surface area contributed by atoms with Gasteiger partial charge in [-0.1, -0.05) is 11.8 Å². The van der Waals surface area contributed by atoms with Crippen LogP contribution in [0.5, 0.6) is 11.6 Å². The van der Waals surface area contributed by atoms with E-state index in [9.17, 15) is 14.4 Å². The molecule has 4 rings (SSSR count). The average molecular weight is 435 g/mol. The van der Waals surface area contributed by atoms with E-state index < -0.39 is 5.91 Å². The molecule has 0 unspecified atom stereocenters. The third-order valence-corrected chi connectivity index (χ3v) is 5.44. The molecule has 1 aliphatic heterocycles. The van der Waals surface area contributed by atoms with Crippen molar-refractivity contribution < 1.29 is 23.9 Å². The number of ether oxygens (including phenoxy) is 2. The van der Waals surface area contributed by atoms with Gasteiger partial charge in [0.15, 0.2) is 0 Å². The topological polar surface area (TPSA) is 121 Å². The molecule has 1 aromatic heterocycles. The molecule has 2 aromatic rings. The zero-order chi connectivity index (χ0) is 22.8. The number of carbonyl (C=O) groups is 3. The summed E-state index contributed by atoms with van der Waals surface area (Å²) in [5.41, 5.74) is 6.47. The number of amides is 2. The molecule has 0 spiro atoms. The Hall–Kier alpha value is -3.60. The minimum absolute atomic E-state index is 0.00948. The van der Waals surface area contributed by atoms with Gasteiger partial charge in [0.05, 0.1) is 23.3 Å². The summed E-state index contributed by atoms with van der Waals surface area (Å²) < 4.78 is 11.8. The second-order valence-electron chi connectivity index (χ2n) is 8.43. The number of rotatable bonds is 6. The highest BCUT2D eigenvalue weighted by Crippen LogP contribution is 2.34. The molecule has 2 heterocycles. The fraction of sp³-hybridized carbons (Fsp3) is 0.417. The first kappa shape index (κ1) is 21.6. The summed E-state index contributed by atoms with van der Waals surface area (Å²) in [4.78, 5) is 39.3. The van der Waals surface area contributed by atoms with Crippen molar-refractivity contribution in [3.63, 3.8) is 0 Å². The number of nitrogens with zero attached hydrogens (tertiary/aromatic N) is 1. The van der Waals surface area contributed by atoms with Gasteiger partial charge < -0.3 is 20.5 Å². The Labute approximate surface area is 185 Å². The normalized spacial score (nSPS) is 18.2. The Balaban J connectivity index is 1.75. The molecule has 2 aliphatic rings. The van der Waals surface area contributed by atoms with Crippen molar-refractivity contribution in [3.8, 4) is 23.5 Å². The molecule has 2 amide bonds. The number of primary amides is 1. The molecule has 166 valence electrons. The van der Waals surface area contributed by atoms with Crippen molar-refractivity contribution in [2.75, 3.05) is 6.61 Å². The zero-order valence-corrected chi connectivity index (χ0v) is 18.1. The first-order chi connectivity index (χ1) is 15.3.